The number of aryl methyl sites for hydroxylation is 1. The predicted molar refractivity (Wildman–Crippen MR) is 111 cm³/mol. The van der Waals surface area contributed by atoms with Crippen LogP contribution >= 0.6 is 23.4 Å². The first kappa shape index (κ1) is 18.5. The van der Waals surface area contributed by atoms with Gasteiger partial charge in [-0.3, -0.25) is 4.79 Å². The molecule has 0 radical (unpaired) electrons. The van der Waals surface area contributed by atoms with Gasteiger partial charge >= 0.3 is 0 Å². The second-order valence-corrected chi connectivity index (χ2v) is 10.5. The fourth-order valence-corrected chi connectivity index (χ4v) is 7.49. The SMILES string of the molecule is Cc1ccc(Cl)cc1N1C(=NC(=O)c2ccccc2)S[C@H]2CS(=O)(=O)C[C@@H]21. The number of halogens is 1. The summed E-state index contributed by atoms with van der Waals surface area (Å²) < 4.78 is 24.3. The van der Waals surface area contributed by atoms with Gasteiger partial charge in [-0.25, -0.2) is 8.42 Å². The second-order valence-electron chi connectivity index (χ2n) is 6.67. The molecule has 2 aromatic rings. The topological polar surface area (TPSA) is 66.8 Å². The van der Waals surface area contributed by atoms with Gasteiger partial charge in [0.25, 0.3) is 5.91 Å². The van der Waals surface area contributed by atoms with Gasteiger partial charge in [0.15, 0.2) is 15.0 Å². The summed E-state index contributed by atoms with van der Waals surface area (Å²) in [6, 6.07) is 14.1. The first-order valence-electron chi connectivity index (χ1n) is 8.44. The van der Waals surface area contributed by atoms with Crippen molar-refractivity contribution in [3.05, 3.63) is 64.7 Å². The number of carbonyl (C=O) groups excluding carboxylic acids is 1. The summed E-state index contributed by atoms with van der Waals surface area (Å²) in [5, 5.41) is 0.938. The highest BCUT2D eigenvalue weighted by molar-refractivity contribution is 8.16. The van der Waals surface area contributed by atoms with E-state index in [1.807, 2.05) is 24.0 Å². The van der Waals surface area contributed by atoms with Crippen molar-refractivity contribution in [2.24, 2.45) is 4.99 Å². The summed E-state index contributed by atoms with van der Waals surface area (Å²) in [5.74, 6) is -0.197. The minimum Gasteiger partial charge on any atom is -0.315 e. The molecule has 0 saturated carbocycles. The van der Waals surface area contributed by atoms with Gasteiger partial charge in [-0.1, -0.05) is 47.6 Å². The smallest absolute Gasteiger partial charge is 0.279 e. The Morgan fingerprint density at radius 2 is 1.93 bits per heavy atom. The number of amidine groups is 1. The van der Waals surface area contributed by atoms with E-state index in [0.717, 1.165) is 11.3 Å². The number of carbonyl (C=O) groups is 1. The fraction of sp³-hybridized carbons (Fsp3) is 0.263. The lowest BCUT2D eigenvalue weighted by Gasteiger charge is -2.26. The van der Waals surface area contributed by atoms with Crippen LogP contribution in [0.2, 0.25) is 5.02 Å². The third kappa shape index (κ3) is 3.63. The maximum atomic E-state index is 12.6. The van der Waals surface area contributed by atoms with E-state index < -0.39 is 9.84 Å². The van der Waals surface area contributed by atoms with Gasteiger partial charge in [0.05, 0.1) is 17.5 Å². The van der Waals surface area contributed by atoms with Gasteiger partial charge < -0.3 is 4.90 Å². The van der Waals surface area contributed by atoms with Crippen molar-refractivity contribution in [2.45, 2.75) is 18.2 Å². The molecule has 2 aliphatic rings. The van der Waals surface area contributed by atoms with E-state index in [0.29, 0.717) is 15.8 Å². The highest BCUT2D eigenvalue weighted by Gasteiger charge is 2.49. The molecule has 0 bridgehead atoms. The lowest BCUT2D eigenvalue weighted by Crippen LogP contribution is -2.38. The number of hydrogen-bond acceptors (Lipinski definition) is 4. The maximum absolute atomic E-state index is 12.6. The van der Waals surface area contributed by atoms with Crippen LogP contribution in [0, 0.1) is 6.92 Å². The molecule has 0 N–H and O–H groups in total. The molecule has 5 nitrogen and oxygen atoms in total. The van der Waals surface area contributed by atoms with Crippen molar-refractivity contribution in [1.29, 1.82) is 0 Å². The van der Waals surface area contributed by atoms with Crippen molar-refractivity contribution < 1.29 is 13.2 Å². The van der Waals surface area contributed by atoms with E-state index >= 15 is 0 Å². The van der Waals surface area contributed by atoms with Crippen molar-refractivity contribution in [1.82, 2.24) is 0 Å². The standard InChI is InChI=1S/C19H17ClN2O3S2/c1-12-7-8-14(20)9-15(12)22-16-10-27(24,25)11-17(16)26-19(22)21-18(23)13-5-3-2-4-6-13/h2-9,16-17H,10-11H2,1H3/t16-,17-/m0/s1. The average Bonchev–Trinajstić information content (AvgIpc) is 3.09. The zero-order chi connectivity index (χ0) is 19.2. The summed E-state index contributed by atoms with van der Waals surface area (Å²) in [6.45, 7) is 1.93. The molecule has 2 fully saturated rings. The number of amides is 1. The van der Waals surface area contributed by atoms with Crippen LogP contribution in [0.3, 0.4) is 0 Å². The molecule has 2 aromatic carbocycles. The minimum absolute atomic E-state index is 0.0508. The summed E-state index contributed by atoms with van der Waals surface area (Å²) >= 11 is 7.54. The number of nitrogens with zero attached hydrogens (tertiary/aromatic N) is 2. The number of anilines is 1. The lowest BCUT2D eigenvalue weighted by molar-refractivity contribution is 0.100. The molecular formula is C19H17ClN2O3S2. The van der Waals surface area contributed by atoms with Crippen LogP contribution in [0.25, 0.3) is 0 Å². The van der Waals surface area contributed by atoms with Crippen molar-refractivity contribution in [3.8, 4) is 0 Å². The van der Waals surface area contributed by atoms with Crippen LogP contribution in [0.4, 0.5) is 5.69 Å². The molecule has 27 heavy (non-hydrogen) atoms. The quantitative estimate of drug-likeness (QED) is 0.743. The Hall–Kier alpha value is -1.83. The van der Waals surface area contributed by atoms with E-state index in [-0.39, 0.29) is 28.7 Å². The van der Waals surface area contributed by atoms with Crippen molar-refractivity contribution in [2.75, 3.05) is 16.4 Å². The van der Waals surface area contributed by atoms with Crippen LogP contribution in [-0.4, -0.2) is 42.3 Å². The van der Waals surface area contributed by atoms with E-state index in [4.69, 9.17) is 11.6 Å². The summed E-state index contributed by atoms with van der Waals surface area (Å²) in [4.78, 5) is 18.8. The van der Waals surface area contributed by atoms with Crippen LogP contribution in [-0.2, 0) is 9.84 Å². The molecule has 0 aliphatic carbocycles. The van der Waals surface area contributed by atoms with Gasteiger partial charge in [-0.15, -0.1) is 0 Å². The Bertz CT molecular complexity index is 1040. The Labute approximate surface area is 167 Å². The summed E-state index contributed by atoms with van der Waals surface area (Å²) in [6.07, 6.45) is 0. The van der Waals surface area contributed by atoms with E-state index in [2.05, 4.69) is 4.99 Å². The number of thioether (sulfide) groups is 1. The molecule has 8 heteroatoms. The molecule has 2 atom stereocenters. The van der Waals surface area contributed by atoms with Crippen molar-refractivity contribution in [3.63, 3.8) is 0 Å². The molecule has 0 unspecified atom stereocenters. The predicted octanol–water partition coefficient (Wildman–Crippen LogP) is 3.56. The van der Waals surface area contributed by atoms with Gasteiger partial charge in [0, 0.05) is 21.5 Å². The highest BCUT2D eigenvalue weighted by atomic mass is 35.5. The van der Waals surface area contributed by atoms with Crippen molar-refractivity contribution >= 4 is 50.0 Å². The molecule has 2 aliphatic heterocycles. The largest absolute Gasteiger partial charge is 0.315 e. The second kappa shape index (κ2) is 6.96. The van der Waals surface area contributed by atoms with Gasteiger partial charge in [0.2, 0.25) is 0 Å². The normalized spacial score (nSPS) is 25.0. The zero-order valence-corrected chi connectivity index (χ0v) is 16.9. The molecular weight excluding hydrogens is 404 g/mol. The molecule has 2 saturated heterocycles. The molecule has 1 amide bonds. The number of aliphatic imine (C=N–C) groups is 1. The molecule has 4 rings (SSSR count). The number of fused-ring (bicyclic) bond motifs is 1. The summed E-state index contributed by atoms with van der Waals surface area (Å²) in [5.41, 5.74) is 2.24. The lowest BCUT2D eigenvalue weighted by atomic mass is 10.1. The van der Waals surface area contributed by atoms with Crippen LogP contribution in [0.15, 0.2) is 53.5 Å². The number of benzene rings is 2. The molecule has 0 aromatic heterocycles. The zero-order valence-electron chi connectivity index (χ0n) is 14.5. The Kier molecular flexibility index (Phi) is 4.78. The van der Waals surface area contributed by atoms with E-state index in [9.17, 15) is 13.2 Å². The van der Waals surface area contributed by atoms with Gasteiger partial charge in [-0.05, 0) is 36.8 Å². The van der Waals surface area contributed by atoms with Crippen LogP contribution < -0.4 is 4.90 Å². The van der Waals surface area contributed by atoms with Crippen LogP contribution in [0.1, 0.15) is 15.9 Å². The highest BCUT2D eigenvalue weighted by Crippen LogP contribution is 2.42. The molecule has 2 heterocycles. The third-order valence-electron chi connectivity index (χ3n) is 4.72. The van der Waals surface area contributed by atoms with Gasteiger partial charge in [0.1, 0.15) is 0 Å². The maximum Gasteiger partial charge on any atom is 0.279 e. The Balaban J connectivity index is 1.78. The van der Waals surface area contributed by atoms with E-state index in [1.165, 1.54) is 11.8 Å². The molecule has 0 spiro atoms. The molecule has 140 valence electrons. The average molecular weight is 421 g/mol. The Morgan fingerprint density at radius 3 is 2.67 bits per heavy atom. The number of hydrogen-bond donors (Lipinski definition) is 0. The Morgan fingerprint density at radius 1 is 1.19 bits per heavy atom. The summed E-state index contributed by atoms with van der Waals surface area (Å²) in [7, 11) is -3.11. The third-order valence-corrected chi connectivity index (χ3v) is 8.16. The monoisotopic (exact) mass is 420 g/mol. The van der Waals surface area contributed by atoms with Gasteiger partial charge in [-0.2, -0.15) is 4.99 Å². The fourth-order valence-electron chi connectivity index (χ4n) is 3.42. The minimum atomic E-state index is -3.11. The van der Waals surface area contributed by atoms with Crippen LogP contribution in [0.5, 0.6) is 0 Å². The first-order chi connectivity index (χ1) is 12.8. The number of rotatable bonds is 2. The first-order valence-corrected chi connectivity index (χ1v) is 11.5. The van der Waals surface area contributed by atoms with E-state index in [1.54, 1.807) is 36.4 Å². The number of sulfone groups is 1.